The van der Waals surface area contributed by atoms with Crippen molar-refractivity contribution < 1.29 is 9.18 Å². The number of hydrogen-bond donors (Lipinski definition) is 1. The number of aromatic nitrogens is 4. The summed E-state index contributed by atoms with van der Waals surface area (Å²) < 4.78 is 15.7. The Balaban J connectivity index is 1.32. The number of benzene rings is 2. The van der Waals surface area contributed by atoms with Gasteiger partial charge in [0.05, 0.1) is 22.5 Å². The first-order valence-corrected chi connectivity index (χ1v) is 12.0. The highest BCUT2D eigenvalue weighted by molar-refractivity contribution is 6.30. The topological polar surface area (TPSA) is 75.9 Å². The molecule has 35 heavy (non-hydrogen) atoms. The molecule has 0 spiro atoms. The van der Waals surface area contributed by atoms with E-state index in [9.17, 15) is 9.18 Å². The van der Waals surface area contributed by atoms with E-state index in [1.807, 2.05) is 42.8 Å². The molecule has 0 radical (unpaired) electrons. The Hall–Kier alpha value is -3.52. The summed E-state index contributed by atoms with van der Waals surface area (Å²) in [5.74, 6) is 0.251. The van der Waals surface area contributed by atoms with E-state index in [1.165, 1.54) is 6.07 Å². The van der Waals surface area contributed by atoms with E-state index < -0.39 is 0 Å². The number of hydrogen-bond acceptors (Lipinski definition) is 5. The monoisotopic (exact) mass is 492 g/mol. The fraction of sp³-hybridized carbons (Fsp3) is 0.308. The van der Waals surface area contributed by atoms with Crippen molar-refractivity contribution in [2.75, 3.05) is 18.0 Å². The molecule has 0 aliphatic carbocycles. The number of aryl methyl sites for hydroxylation is 2. The number of carbonyl (C=O) groups excluding carboxylic acids is 1. The van der Waals surface area contributed by atoms with Crippen molar-refractivity contribution in [3.8, 4) is 5.69 Å². The summed E-state index contributed by atoms with van der Waals surface area (Å²) in [4.78, 5) is 14.9. The number of carbonyl (C=O) groups is 1. The van der Waals surface area contributed by atoms with E-state index in [0.29, 0.717) is 36.5 Å². The van der Waals surface area contributed by atoms with Crippen molar-refractivity contribution in [3.05, 3.63) is 76.3 Å². The standard InChI is InChI=1S/C26H26ClFN6O/c1-16-23-17(2)34(21-9-7-20(27)8-10-21)32-24(23)25(31-30-16)33-13-11-18(12-14-33)26(35)29-15-19-5-3-4-6-22(19)28/h3-10,18H,11-15H2,1-2H3,(H,29,35). The summed E-state index contributed by atoms with van der Waals surface area (Å²) >= 11 is 6.06. The quantitative estimate of drug-likeness (QED) is 0.435. The van der Waals surface area contributed by atoms with Gasteiger partial charge in [0, 0.05) is 36.1 Å². The Morgan fingerprint density at radius 1 is 1.09 bits per heavy atom. The van der Waals surface area contributed by atoms with Gasteiger partial charge in [0.15, 0.2) is 5.82 Å². The van der Waals surface area contributed by atoms with E-state index in [-0.39, 0.29) is 24.2 Å². The lowest BCUT2D eigenvalue weighted by molar-refractivity contribution is -0.125. The molecule has 7 nitrogen and oxygen atoms in total. The minimum Gasteiger partial charge on any atom is -0.353 e. The van der Waals surface area contributed by atoms with Crippen LogP contribution in [0.2, 0.25) is 5.02 Å². The molecule has 2 aromatic heterocycles. The van der Waals surface area contributed by atoms with Crippen LogP contribution in [0.5, 0.6) is 0 Å². The number of anilines is 1. The largest absolute Gasteiger partial charge is 0.353 e. The first kappa shape index (κ1) is 23.2. The molecule has 0 saturated carbocycles. The molecule has 3 heterocycles. The molecule has 1 N–H and O–H groups in total. The maximum Gasteiger partial charge on any atom is 0.223 e. The van der Waals surface area contributed by atoms with Gasteiger partial charge in [-0.05, 0) is 57.0 Å². The number of nitrogens with one attached hydrogen (secondary N) is 1. The van der Waals surface area contributed by atoms with Gasteiger partial charge in [-0.2, -0.15) is 10.2 Å². The van der Waals surface area contributed by atoms with Crippen molar-refractivity contribution in [1.82, 2.24) is 25.3 Å². The van der Waals surface area contributed by atoms with Gasteiger partial charge in [0.2, 0.25) is 5.91 Å². The van der Waals surface area contributed by atoms with Gasteiger partial charge in [-0.3, -0.25) is 4.79 Å². The molecule has 5 rings (SSSR count). The molecule has 2 aromatic carbocycles. The normalized spacial score (nSPS) is 14.5. The van der Waals surface area contributed by atoms with Crippen molar-refractivity contribution in [3.63, 3.8) is 0 Å². The van der Waals surface area contributed by atoms with Crippen LogP contribution in [0.4, 0.5) is 10.2 Å². The van der Waals surface area contributed by atoms with Gasteiger partial charge in [0.25, 0.3) is 0 Å². The zero-order valence-electron chi connectivity index (χ0n) is 19.6. The average Bonchev–Trinajstić information content (AvgIpc) is 3.22. The minimum absolute atomic E-state index is 0.0455. The number of nitrogens with zero attached hydrogens (tertiary/aromatic N) is 5. The SMILES string of the molecule is Cc1nnc(N2CCC(C(=O)NCc3ccccc3F)CC2)c2nn(-c3ccc(Cl)cc3)c(C)c12. The third kappa shape index (κ3) is 4.58. The Morgan fingerprint density at radius 2 is 1.80 bits per heavy atom. The lowest BCUT2D eigenvalue weighted by Gasteiger charge is -2.32. The van der Waals surface area contributed by atoms with Crippen LogP contribution in [0.1, 0.15) is 29.8 Å². The van der Waals surface area contributed by atoms with E-state index in [2.05, 4.69) is 20.4 Å². The Labute approximate surface area is 207 Å². The van der Waals surface area contributed by atoms with Crippen LogP contribution in [0.25, 0.3) is 16.6 Å². The summed E-state index contributed by atoms with van der Waals surface area (Å²) in [6.45, 7) is 5.48. The van der Waals surface area contributed by atoms with Gasteiger partial charge in [0.1, 0.15) is 11.3 Å². The van der Waals surface area contributed by atoms with Gasteiger partial charge >= 0.3 is 0 Å². The molecule has 0 atom stereocenters. The molecule has 1 fully saturated rings. The maximum absolute atomic E-state index is 13.8. The van der Waals surface area contributed by atoms with E-state index in [0.717, 1.165) is 33.8 Å². The molecule has 0 bridgehead atoms. The molecule has 1 aliphatic heterocycles. The Kier molecular flexibility index (Phi) is 6.38. The first-order valence-electron chi connectivity index (χ1n) is 11.7. The fourth-order valence-corrected chi connectivity index (χ4v) is 4.81. The van der Waals surface area contributed by atoms with Gasteiger partial charge in [-0.1, -0.05) is 29.8 Å². The second-order valence-electron chi connectivity index (χ2n) is 8.88. The summed E-state index contributed by atoms with van der Waals surface area (Å²) in [5, 5.41) is 18.3. The third-order valence-electron chi connectivity index (χ3n) is 6.63. The predicted octanol–water partition coefficient (Wildman–Crippen LogP) is 4.76. The number of piperidine rings is 1. The van der Waals surface area contributed by atoms with Crippen LogP contribution >= 0.6 is 11.6 Å². The smallest absolute Gasteiger partial charge is 0.223 e. The predicted molar refractivity (Wildman–Crippen MR) is 134 cm³/mol. The van der Waals surface area contributed by atoms with E-state index >= 15 is 0 Å². The Morgan fingerprint density at radius 3 is 2.51 bits per heavy atom. The molecule has 4 aromatic rings. The average molecular weight is 493 g/mol. The number of rotatable bonds is 5. The molecule has 1 saturated heterocycles. The number of fused-ring (bicyclic) bond motifs is 1. The van der Waals surface area contributed by atoms with Crippen LogP contribution < -0.4 is 10.2 Å². The zero-order valence-corrected chi connectivity index (χ0v) is 20.4. The van der Waals surface area contributed by atoms with Crippen molar-refractivity contribution in [2.24, 2.45) is 5.92 Å². The lowest BCUT2D eigenvalue weighted by Crippen LogP contribution is -2.41. The van der Waals surface area contributed by atoms with Crippen LogP contribution in [-0.4, -0.2) is 39.0 Å². The maximum atomic E-state index is 13.8. The first-order chi connectivity index (χ1) is 16.9. The molecular formula is C26H26ClFN6O. The van der Waals surface area contributed by atoms with Crippen molar-refractivity contribution >= 4 is 34.2 Å². The zero-order chi connectivity index (χ0) is 24.5. The van der Waals surface area contributed by atoms with E-state index in [1.54, 1.807) is 18.2 Å². The van der Waals surface area contributed by atoms with Crippen LogP contribution in [0, 0.1) is 25.6 Å². The second-order valence-corrected chi connectivity index (χ2v) is 9.31. The highest BCUT2D eigenvalue weighted by Gasteiger charge is 2.28. The van der Waals surface area contributed by atoms with Crippen molar-refractivity contribution in [2.45, 2.75) is 33.2 Å². The van der Waals surface area contributed by atoms with Crippen molar-refractivity contribution in [1.29, 1.82) is 0 Å². The Bertz CT molecular complexity index is 1380. The van der Waals surface area contributed by atoms with Crippen LogP contribution in [0.15, 0.2) is 48.5 Å². The highest BCUT2D eigenvalue weighted by Crippen LogP contribution is 2.31. The fourth-order valence-electron chi connectivity index (χ4n) is 4.68. The summed E-state index contributed by atoms with van der Waals surface area (Å²) in [7, 11) is 0. The van der Waals surface area contributed by atoms with Crippen LogP contribution in [-0.2, 0) is 11.3 Å². The summed E-state index contributed by atoms with van der Waals surface area (Å²) in [6.07, 6.45) is 1.36. The molecule has 180 valence electrons. The van der Waals surface area contributed by atoms with Gasteiger partial charge < -0.3 is 10.2 Å². The molecule has 1 amide bonds. The van der Waals surface area contributed by atoms with E-state index in [4.69, 9.17) is 16.7 Å². The summed E-state index contributed by atoms with van der Waals surface area (Å²) in [5.41, 5.74) is 4.01. The molecular weight excluding hydrogens is 467 g/mol. The second kappa shape index (κ2) is 9.62. The number of halogens is 2. The molecule has 0 unspecified atom stereocenters. The molecule has 1 aliphatic rings. The minimum atomic E-state index is -0.307. The number of amides is 1. The molecule has 9 heteroatoms. The van der Waals surface area contributed by atoms with Gasteiger partial charge in [-0.25, -0.2) is 9.07 Å². The lowest BCUT2D eigenvalue weighted by atomic mass is 9.95. The van der Waals surface area contributed by atoms with Crippen LogP contribution in [0.3, 0.4) is 0 Å². The highest BCUT2D eigenvalue weighted by atomic mass is 35.5. The van der Waals surface area contributed by atoms with Gasteiger partial charge in [-0.15, -0.1) is 5.10 Å². The summed E-state index contributed by atoms with van der Waals surface area (Å²) in [6, 6.07) is 14.0. The third-order valence-corrected chi connectivity index (χ3v) is 6.88.